The molecule has 2 N–H and O–H groups in total. The van der Waals surface area contributed by atoms with Crippen molar-refractivity contribution in [2.45, 2.75) is 13.3 Å². The lowest BCUT2D eigenvalue weighted by atomic mass is 10.5. The zero-order chi connectivity index (χ0) is 9.61. The number of rotatable bonds is 4. The molecule has 7 heteroatoms. The second-order valence-corrected chi connectivity index (χ2v) is 3.68. The van der Waals surface area contributed by atoms with E-state index in [1.807, 2.05) is 0 Å². The molecular weight excluding hydrogens is 186 g/mol. The van der Waals surface area contributed by atoms with Gasteiger partial charge in [-0.25, -0.2) is 0 Å². The van der Waals surface area contributed by atoms with E-state index < -0.39 is 10.1 Å². The highest BCUT2D eigenvalue weighted by Crippen LogP contribution is 1.90. The zero-order valence-corrected chi connectivity index (χ0v) is 7.41. The Hall–Kier alpha value is -0.820. The van der Waals surface area contributed by atoms with Crippen molar-refractivity contribution >= 4 is 16.0 Å². The standard InChI is InChI=1S/C5H11NO5S/c1-5(6-7)11-3-2-4-12(8,9)10/h7H,2-4H2,1H3,(H,8,9,10). The van der Waals surface area contributed by atoms with E-state index in [0.29, 0.717) is 0 Å². The van der Waals surface area contributed by atoms with Crippen molar-refractivity contribution in [3.05, 3.63) is 0 Å². The van der Waals surface area contributed by atoms with E-state index in [-0.39, 0.29) is 24.7 Å². The fourth-order valence-electron chi connectivity index (χ4n) is 0.490. The average molecular weight is 197 g/mol. The third kappa shape index (κ3) is 7.29. The summed E-state index contributed by atoms with van der Waals surface area (Å²) in [7, 11) is -3.91. The van der Waals surface area contributed by atoms with Crippen LogP contribution >= 0.6 is 0 Å². The van der Waals surface area contributed by atoms with Gasteiger partial charge >= 0.3 is 0 Å². The summed E-state index contributed by atoms with van der Waals surface area (Å²) in [6, 6.07) is 0. The molecule has 0 unspecified atom stereocenters. The first-order chi connectivity index (χ1) is 5.45. The van der Waals surface area contributed by atoms with Crippen LogP contribution in [0.3, 0.4) is 0 Å². The molecule has 0 aromatic rings. The Balaban J connectivity index is 3.47. The van der Waals surface area contributed by atoms with Crippen molar-refractivity contribution in [1.82, 2.24) is 0 Å². The van der Waals surface area contributed by atoms with Gasteiger partial charge in [0.2, 0.25) is 5.90 Å². The van der Waals surface area contributed by atoms with E-state index in [1.54, 1.807) is 0 Å². The smallest absolute Gasteiger partial charge is 0.264 e. The van der Waals surface area contributed by atoms with E-state index in [9.17, 15) is 8.42 Å². The minimum Gasteiger partial charge on any atom is -0.479 e. The first kappa shape index (κ1) is 11.2. The summed E-state index contributed by atoms with van der Waals surface area (Å²) >= 11 is 0. The molecule has 0 heterocycles. The third-order valence-corrected chi connectivity index (χ3v) is 1.80. The molecule has 0 aromatic heterocycles. The fraction of sp³-hybridized carbons (Fsp3) is 0.800. The van der Waals surface area contributed by atoms with Crippen LogP contribution < -0.4 is 0 Å². The van der Waals surface area contributed by atoms with Gasteiger partial charge in [-0.15, -0.1) is 0 Å². The largest absolute Gasteiger partial charge is 0.479 e. The van der Waals surface area contributed by atoms with Gasteiger partial charge in [0.05, 0.1) is 12.4 Å². The molecule has 0 bridgehead atoms. The summed E-state index contributed by atoms with van der Waals surface area (Å²) in [4.78, 5) is 0. The molecule has 72 valence electrons. The van der Waals surface area contributed by atoms with Crippen molar-refractivity contribution in [1.29, 1.82) is 0 Å². The van der Waals surface area contributed by atoms with Gasteiger partial charge in [-0.05, 0) is 6.42 Å². The van der Waals surface area contributed by atoms with Gasteiger partial charge in [-0.1, -0.05) is 5.16 Å². The molecule has 0 aromatic carbocycles. The van der Waals surface area contributed by atoms with Crippen molar-refractivity contribution in [2.24, 2.45) is 5.16 Å². The molecule has 0 rings (SSSR count). The van der Waals surface area contributed by atoms with Crippen LogP contribution in [0.2, 0.25) is 0 Å². The number of hydrogen-bond donors (Lipinski definition) is 2. The predicted molar refractivity (Wildman–Crippen MR) is 41.9 cm³/mol. The van der Waals surface area contributed by atoms with Gasteiger partial charge in [-0.2, -0.15) is 8.42 Å². The minimum absolute atomic E-state index is 0.0605. The highest BCUT2D eigenvalue weighted by molar-refractivity contribution is 7.85. The van der Waals surface area contributed by atoms with Crippen LogP contribution in [0.5, 0.6) is 0 Å². The third-order valence-electron chi connectivity index (χ3n) is 0.998. The summed E-state index contributed by atoms with van der Waals surface area (Å²) < 4.78 is 33.3. The predicted octanol–water partition coefficient (Wildman–Crippen LogP) is 0.0885. The summed E-state index contributed by atoms with van der Waals surface area (Å²) in [5, 5.41) is 10.8. The maximum atomic E-state index is 10.2. The summed E-state index contributed by atoms with van der Waals surface area (Å²) in [6.07, 6.45) is 0.158. The number of nitrogens with zero attached hydrogens (tertiary/aromatic N) is 1. The molecule has 0 atom stereocenters. The number of ether oxygens (including phenoxy) is 1. The van der Waals surface area contributed by atoms with E-state index in [4.69, 9.17) is 14.5 Å². The van der Waals surface area contributed by atoms with Crippen LogP contribution in [-0.4, -0.2) is 36.4 Å². The fourth-order valence-corrected chi connectivity index (χ4v) is 0.973. The lowest BCUT2D eigenvalue weighted by molar-refractivity contribution is 0.252. The Morgan fingerprint density at radius 3 is 2.58 bits per heavy atom. The molecule has 0 amide bonds. The lowest BCUT2D eigenvalue weighted by Crippen LogP contribution is -2.09. The summed E-state index contributed by atoms with van der Waals surface area (Å²) in [5.41, 5.74) is 0. The molecule has 0 radical (unpaired) electrons. The number of hydrogen-bond acceptors (Lipinski definition) is 5. The molecular formula is C5H11NO5S. The van der Waals surface area contributed by atoms with Crippen LogP contribution in [0.1, 0.15) is 13.3 Å². The Morgan fingerprint density at radius 2 is 2.17 bits per heavy atom. The normalized spacial score (nSPS) is 13.0. The molecule has 12 heavy (non-hydrogen) atoms. The molecule has 0 saturated heterocycles. The second-order valence-electron chi connectivity index (χ2n) is 2.11. The number of oxime groups is 1. The maximum absolute atomic E-state index is 10.2. The van der Waals surface area contributed by atoms with Crippen molar-refractivity contribution in [3.8, 4) is 0 Å². The zero-order valence-electron chi connectivity index (χ0n) is 6.60. The Morgan fingerprint density at radius 1 is 1.58 bits per heavy atom. The monoisotopic (exact) mass is 197 g/mol. The highest BCUT2D eigenvalue weighted by Gasteiger charge is 2.03. The van der Waals surface area contributed by atoms with Crippen LogP contribution in [-0.2, 0) is 14.9 Å². The van der Waals surface area contributed by atoms with Gasteiger partial charge in [0, 0.05) is 6.92 Å². The quantitative estimate of drug-likeness (QED) is 0.166. The SMILES string of the molecule is CC(=NO)OCCCS(=O)(=O)O. The van der Waals surface area contributed by atoms with Crippen LogP contribution in [0.15, 0.2) is 5.16 Å². The first-order valence-electron chi connectivity index (χ1n) is 3.22. The minimum atomic E-state index is -3.91. The molecule has 6 nitrogen and oxygen atoms in total. The Labute approximate surface area is 70.6 Å². The summed E-state index contributed by atoms with van der Waals surface area (Å²) in [5.74, 6) is -0.295. The molecule has 0 aliphatic rings. The van der Waals surface area contributed by atoms with E-state index in [2.05, 4.69) is 5.16 Å². The van der Waals surface area contributed by atoms with E-state index >= 15 is 0 Å². The average Bonchev–Trinajstić information content (AvgIpc) is 1.96. The van der Waals surface area contributed by atoms with Crippen LogP contribution in [0.4, 0.5) is 0 Å². The lowest BCUT2D eigenvalue weighted by Gasteiger charge is -2.01. The molecule has 0 fully saturated rings. The van der Waals surface area contributed by atoms with Crippen LogP contribution in [0.25, 0.3) is 0 Å². The van der Waals surface area contributed by atoms with Crippen molar-refractivity contribution in [3.63, 3.8) is 0 Å². The topological polar surface area (TPSA) is 96.2 Å². The Bertz CT molecular complexity index is 245. The highest BCUT2D eigenvalue weighted by atomic mass is 32.2. The Kier molecular flexibility index (Phi) is 4.60. The maximum Gasteiger partial charge on any atom is 0.264 e. The van der Waals surface area contributed by atoms with E-state index in [1.165, 1.54) is 6.92 Å². The molecule has 0 aliphatic heterocycles. The summed E-state index contributed by atoms with van der Waals surface area (Å²) in [6.45, 7) is 1.52. The second kappa shape index (κ2) is 4.94. The molecule has 0 aliphatic carbocycles. The van der Waals surface area contributed by atoms with Gasteiger partial charge in [0.1, 0.15) is 0 Å². The van der Waals surface area contributed by atoms with Crippen molar-refractivity contribution in [2.75, 3.05) is 12.4 Å². The van der Waals surface area contributed by atoms with Gasteiger partial charge in [0.15, 0.2) is 0 Å². The van der Waals surface area contributed by atoms with Crippen LogP contribution in [0, 0.1) is 0 Å². The van der Waals surface area contributed by atoms with Gasteiger partial charge in [-0.3, -0.25) is 4.55 Å². The molecule has 0 saturated carbocycles. The van der Waals surface area contributed by atoms with E-state index in [0.717, 1.165) is 0 Å². The first-order valence-corrected chi connectivity index (χ1v) is 4.83. The van der Waals surface area contributed by atoms with Gasteiger partial charge < -0.3 is 9.94 Å². The molecule has 0 spiro atoms. The van der Waals surface area contributed by atoms with Crippen molar-refractivity contribution < 1.29 is 22.9 Å². The van der Waals surface area contributed by atoms with Gasteiger partial charge in [0.25, 0.3) is 10.1 Å².